The standard InChI is InChI=1S/C13H18N2O4/c1-9(7-10-3-2-6-19-10)15-5-4-14-13(18)11(15)8-12(16)17/h2-3,6,9,11H,4-5,7-8H2,1H3,(H,14,18)(H,16,17). The number of carboxylic acids is 1. The summed E-state index contributed by atoms with van der Waals surface area (Å²) in [7, 11) is 0. The lowest BCUT2D eigenvalue weighted by molar-refractivity contribution is -0.143. The van der Waals surface area contributed by atoms with Gasteiger partial charge in [0.2, 0.25) is 5.91 Å². The first-order chi connectivity index (χ1) is 9.08. The highest BCUT2D eigenvalue weighted by Crippen LogP contribution is 2.16. The Kier molecular flexibility index (Phi) is 4.21. The SMILES string of the molecule is CC(Cc1ccco1)N1CCNC(=O)C1CC(=O)O. The van der Waals surface area contributed by atoms with E-state index in [9.17, 15) is 9.59 Å². The zero-order chi connectivity index (χ0) is 13.8. The smallest absolute Gasteiger partial charge is 0.305 e. The number of carbonyl (C=O) groups excluding carboxylic acids is 1. The molecule has 104 valence electrons. The van der Waals surface area contributed by atoms with Crippen LogP contribution in [0.15, 0.2) is 22.8 Å². The summed E-state index contributed by atoms with van der Waals surface area (Å²) < 4.78 is 5.29. The zero-order valence-electron chi connectivity index (χ0n) is 10.8. The van der Waals surface area contributed by atoms with Gasteiger partial charge in [-0.05, 0) is 19.1 Å². The van der Waals surface area contributed by atoms with E-state index in [4.69, 9.17) is 9.52 Å². The molecule has 0 aliphatic carbocycles. The van der Waals surface area contributed by atoms with Crippen LogP contribution in [0.2, 0.25) is 0 Å². The summed E-state index contributed by atoms with van der Waals surface area (Å²) in [6.45, 7) is 3.19. The van der Waals surface area contributed by atoms with Crippen molar-refractivity contribution in [3.8, 4) is 0 Å². The molecule has 1 aliphatic heterocycles. The molecular formula is C13H18N2O4. The van der Waals surface area contributed by atoms with Crippen LogP contribution in [-0.4, -0.2) is 47.1 Å². The highest BCUT2D eigenvalue weighted by molar-refractivity contribution is 5.86. The predicted octanol–water partition coefficient (Wildman–Crippen LogP) is 0.486. The fraction of sp³-hybridized carbons (Fsp3) is 0.538. The Bertz CT molecular complexity index is 444. The molecule has 1 aliphatic rings. The zero-order valence-corrected chi connectivity index (χ0v) is 10.8. The molecule has 0 bridgehead atoms. The minimum atomic E-state index is -0.961. The van der Waals surface area contributed by atoms with Crippen molar-refractivity contribution in [3.63, 3.8) is 0 Å². The van der Waals surface area contributed by atoms with Gasteiger partial charge in [-0.1, -0.05) is 0 Å². The second-order valence-corrected chi connectivity index (χ2v) is 4.78. The predicted molar refractivity (Wildman–Crippen MR) is 67.6 cm³/mol. The van der Waals surface area contributed by atoms with Crippen LogP contribution in [-0.2, 0) is 16.0 Å². The van der Waals surface area contributed by atoms with Gasteiger partial charge in [0, 0.05) is 25.6 Å². The van der Waals surface area contributed by atoms with Crippen molar-refractivity contribution >= 4 is 11.9 Å². The number of nitrogens with one attached hydrogen (secondary N) is 1. The number of rotatable bonds is 5. The fourth-order valence-electron chi connectivity index (χ4n) is 2.47. The molecule has 1 aromatic rings. The van der Waals surface area contributed by atoms with Crippen molar-refractivity contribution in [1.82, 2.24) is 10.2 Å². The normalized spacial score (nSPS) is 21.9. The number of amides is 1. The molecule has 0 spiro atoms. The van der Waals surface area contributed by atoms with E-state index >= 15 is 0 Å². The summed E-state index contributed by atoms with van der Waals surface area (Å²) in [6, 6.07) is 3.16. The Morgan fingerprint density at radius 3 is 3.11 bits per heavy atom. The van der Waals surface area contributed by atoms with Gasteiger partial charge in [0.05, 0.1) is 18.7 Å². The summed E-state index contributed by atoms with van der Waals surface area (Å²) >= 11 is 0. The number of nitrogens with zero attached hydrogens (tertiary/aromatic N) is 1. The van der Waals surface area contributed by atoms with E-state index in [1.54, 1.807) is 6.26 Å². The van der Waals surface area contributed by atoms with Crippen molar-refractivity contribution in [2.45, 2.75) is 31.8 Å². The summed E-state index contributed by atoms with van der Waals surface area (Å²) in [5.41, 5.74) is 0. The molecule has 2 N–H and O–H groups in total. The van der Waals surface area contributed by atoms with Gasteiger partial charge in [0.1, 0.15) is 5.76 Å². The van der Waals surface area contributed by atoms with Gasteiger partial charge in [-0.3, -0.25) is 14.5 Å². The minimum absolute atomic E-state index is 0.0570. The maximum atomic E-state index is 11.8. The van der Waals surface area contributed by atoms with Gasteiger partial charge in [0.15, 0.2) is 0 Å². The summed E-state index contributed by atoms with van der Waals surface area (Å²) in [5.74, 6) is -0.329. The summed E-state index contributed by atoms with van der Waals surface area (Å²) in [6.07, 6.45) is 2.10. The van der Waals surface area contributed by atoms with Crippen LogP contribution < -0.4 is 5.32 Å². The van der Waals surface area contributed by atoms with Crippen LogP contribution in [0.5, 0.6) is 0 Å². The van der Waals surface area contributed by atoms with E-state index in [0.717, 1.165) is 5.76 Å². The van der Waals surface area contributed by atoms with Crippen molar-refractivity contribution in [2.75, 3.05) is 13.1 Å². The molecule has 0 radical (unpaired) electrons. The molecular weight excluding hydrogens is 248 g/mol. The number of hydrogen-bond acceptors (Lipinski definition) is 4. The van der Waals surface area contributed by atoms with Gasteiger partial charge in [-0.15, -0.1) is 0 Å². The van der Waals surface area contributed by atoms with Crippen LogP contribution in [0.25, 0.3) is 0 Å². The molecule has 1 amide bonds. The second kappa shape index (κ2) is 5.88. The van der Waals surface area contributed by atoms with Gasteiger partial charge >= 0.3 is 5.97 Å². The van der Waals surface area contributed by atoms with E-state index in [1.807, 2.05) is 24.0 Å². The Labute approximate surface area is 111 Å². The monoisotopic (exact) mass is 266 g/mol. The summed E-state index contributed by atoms with van der Waals surface area (Å²) in [5, 5.41) is 11.6. The quantitative estimate of drug-likeness (QED) is 0.810. The highest BCUT2D eigenvalue weighted by Gasteiger charge is 2.34. The lowest BCUT2D eigenvalue weighted by atomic mass is 10.0. The molecule has 19 heavy (non-hydrogen) atoms. The number of hydrogen-bond donors (Lipinski definition) is 2. The fourth-order valence-corrected chi connectivity index (χ4v) is 2.47. The number of aliphatic carboxylic acids is 1. The highest BCUT2D eigenvalue weighted by atomic mass is 16.4. The topological polar surface area (TPSA) is 82.8 Å². The van der Waals surface area contributed by atoms with Crippen molar-refractivity contribution in [1.29, 1.82) is 0 Å². The van der Waals surface area contributed by atoms with Gasteiger partial charge < -0.3 is 14.8 Å². The third-order valence-corrected chi connectivity index (χ3v) is 3.38. The van der Waals surface area contributed by atoms with Crippen molar-refractivity contribution in [3.05, 3.63) is 24.2 Å². The largest absolute Gasteiger partial charge is 0.481 e. The van der Waals surface area contributed by atoms with Crippen LogP contribution in [0.1, 0.15) is 19.1 Å². The molecule has 1 aromatic heterocycles. The maximum absolute atomic E-state index is 11.8. The molecule has 1 fully saturated rings. The van der Waals surface area contributed by atoms with Gasteiger partial charge in [-0.25, -0.2) is 0 Å². The molecule has 0 aromatic carbocycles. The van der Waals surface area contributed by atoms with Crippen molar-refractivity contribution < 1.29 is 19.1 Å². The van der Waals surface area contributed by atoms with Gasteiger partial charge in [0.25, 0.3) is 0 Å². The third kappa shape index (κ3) is 3.35. The van der Waals surface area contributed by atoms with Gasteiger partial charge in [-0.2, -0.15) is 0 Å². The molecule has 6 nitrogen and oxygen atoms in total. The van der Waals surface area contributed by atoms with Crippen LogP contribution in [0.4, 0.5) is 0 Å². The Morgan fingerprint density at radius 1 is 1.68 bits per heavy atom. The molecule has 1 saturated heterocycles. The van der Waals surface area contributed by atoms with Crippen LogP contribution in [0.3, 0.4) is 0 Å². The first-order valence-electron chi connectivity index (χ1n) is 6.35. The molecule has 2 unspecified atom stereocenters. The Hall–Kier alpha value is -1.82. The van der Waals surface area contributed by atoms with E-state index < -0.39 is 12.0 Å². The molecule has 6 heteroatoms. The van der Waals surface area contributed by atoms with E-state index in [-0.39, 0.29) is 18.4 Å². The number of carbonyl (C=O) groups is 2. The minimum Gasteiger partial charge on any atom is -0.481 e. The number of furan rings is 1. The Morgan fingerprint density at radius 2 is 2.47 bits per heavy atom. The van der Waals surface area contributed by atoms with Crippen LogP contribution >= 0.6 is 0 Å². The second-order valence-electron chi connectivity index (χ2n) is 4.78. The first-order valence-corrected chi connectivity index (χ1v) is 6.35. The summed E-state index contributed by atoms with van der Waals surface area (Å²) in [4.78, 5) is 24.6. The maximum Gasteiger partial charge on any atom is 0.305 e. The molecule has 2 atom stereocenters. The number of carboxylic acid groups (broad SMARTS) is 1. The van der Waals surface area contributed by atoms with E-state index in [0.29, 0.717) is 19.5 Å². The lowest BCUT2D eigenvalue weighted by Gasteiger charge is -2.38. The average molecular weight is 266 g/mol. The van der Waals surface area contributed by atoms with E-state index in [1.165, 1.54) is 0 Å². The molecule has 0 saturated carbocycles. The third-order valence-electron chi connectivity index (χ3n) is 3.38. The average Bonchev–Trinajstić information content (AvgIpc) is 2.84. The number of piperazine rings is 1. The first kappa shape index (κ1) is 13.6. The van der Waals surface area contributed by atoms with Crippen LogP contribution in [0, 0.1) is 0 Å². The lowest BCUT2D eigenvalue weighted by Crippen LogP contribution is -2.58. The Balaban J connectivity index is 2.05. The van der Waals surface area contributed by atoms with E-state index in [2.05, 4.69) is 5.32 Å². The molecule has 2 rings (SSSR count). The van der Waals surface area contributed by atoms with Crippen molar-refractivity contribution in [2.24, 2.45) is 0 Å². The molecule has 2 heterocycles.